The number of aromatic amines is 1. The Morgan fingerprint density at radius 1 is 1.38 bits per heavy atom. The quantitative estimate of drug-likeness (QED) is 0.745. The first-order chi connectivity index (χ1) is 10.2. The molecule has 6 heteroatoms. The van der Waals surface area contributed by atoms with Gasteiger partial charge in [-0.1, -0.05) is 0 Å². The summed E-state index contributed by atoms with van der Waals surface area (Å²) < 4.78 is 6.03. The molecule has 6 nitrogen and oxygen atoms in total. The van der Waals surface area contributed by atoms with Gasteiger partial charge in [0.1, 0.15) is 29.3 Å². The van der Waals surface area contributed by atoms with Crippen molar-refractivity contribution in [1.82, 2.24) is 15.0 Å². The molecular formula is C15H13N5O. The Morgan fingerprint density at radius 2 is 2.24 bits per heavy atom. The van der Waals surface area contributed by atoms with Crippen LogP contribution in [0.2, 0.25) is 0 Å². The van der Waals surface area contributed by atoms with Crippen molar-refractivity contribution < 1.29 is 4.74 Å². The number of pyridine rings is 2. The molecule has 0 aromatic carbocycles. The molecule has 1 saturated carbocycles. The van der Waals surface area contributed by atoms with Gasteiger partial charge in [-0.15, -0.1) is 0 Å². The monoisotopic (exact) mass is 279 g/mol. The number of rotatable bonds is 2. The summed E-state index contributed by atoms with van der Waals surface area (Å²) in [7, 11) is 0. The van der Waals surface area contributed by atoms with Crippen LogP contribution in [0.3, 0.4) is 0 Å². The lowest BCUT2D eigenvalue weighted by Crippen LogP contribution is -2.43. The first-order valence-electron chi connectivity index (χ1n) is 6.83. The first-order valence-corrected chi connectivity index (χ1v) is 6.83. The maximum atomic E-state index is 9.01. The zero-order valence-corrected chi connectivity index (χ0v) is 11.2. The number of nitriles is 1. The number of nitrogens with two attached hydrogens (primary N) is 1. The fourth-order valence-electron chi connectivity index (χ4n) is 2.73. The highest BCUT2D eigenvalue weighted by molar-refractivity contribution is 6.09. The maximum Gasteiger partial charge on any atom is 0.142 e. The standard InChI is InChI=1S/C15H13N5O/c16-6-9-5-11-12(7-19-9)20-15-14(11)13(1-2-18-15)21-10-3-8(17)4-10/h1-2,5,7-8,10H,3-4,17H2,(H,18,20)/t8-,10+. The maximum absolute atomic E-state index is 9.01. The Balaban J connectivity index is 1.88. The molecule has 0 spiro atoms. The minimum Gasteiger partial charge on any atom is -0.489 e. The van der Waals surface area contributed by atoms with Gasteiger partial charge >= 0.3 is 0 Å². The molecule has 21 heavy (non-hydrogen) atoms. The van der Waals surface area contributed by atoms with Crippen LogP contribution in [0.15, 0.2) is 24.5 Å². The van der Waals surface area contributed by atoms with Crippen molar-refractivity contribution in [3.8, 4) is 11.8 Å². The van der Waals surface area contributed by atoms with E-state index in [9.17, 15) is 0 Å². The molecule has 3 aromatic rings. The summed E-state index contributed by atoms with van der Waals surface area (Å²) in [5.74, 6) is 0.776. The fourth-order valence-corrected chi connectivity index (χ4v) is 2.73. The van der Waals surface area contributed by atoms with Crippen LogP contribution in [-0.4, -0.2) is 27.1 Å². The van der Waals surface area contributed by atoms with Crippen LogP contribution in [-0.2, 0) is 0 Å². The lowest BCUT2D eigenvalue weighted by atomic mass is 9.90. The Labute approximate surface area is 120 Å². The van der Waals surface area contributed by atoms with E-state index in [0.29, 0.717) is 5.69 Å². The van der Waals surface area contributed by atoms with Gasteiger partial charge in [0.2, 0.25) is 0 Å². The van der Waals surface area contributed by atoms with E-state index in [4.69, 9.17) is 15.7 Å². The fraction of sp³-hybridized carbons (Fsp3) is 0.267. The van der Waals surface area contributed by atoms with E-state index in [-0.39, 0.29) is 12.1 Å². The van der Waals surface area contributed by atoms with E-state index < -0.39 is 0 Å². The van der Waals surface area contributed by atoms with Gasteiger partial charge in [0, 0.05) is 17.6 Å². The normalized spacial score (nSPS) is 21.1. The minimum atomic E-state index is 0.160. The second kappa shape index (κ2) is 4.43. The van der Waals surface area contributed by atoms with Crippen LogP contribution in [0.25, 0.3) is 21.9 Å². The van der Waals surface area contributed by atoms with Crippen LogP contribution in [0.4, 0.5) is 0 Å². The number of hydrogen-bond donors (Lipinski definition) is 2. The number of aromatic nitrogens is 3. The second-order valence-corrected chi connectivity index (χ2v) is 5.36. The third-order valence-corrected chi connectivity index (χ3v) is 3.88. The molecule has 0 radical (unpaired) electrons. The highest BCUT2D eigenvalue weighted by atomic mass is 16.5. The zero-order chi connectivity index (χ0) is 14.4. The first kappa shape index (κ1) is 12.1. The second-order valence-electron chi connectivity index (χ2n) is 5.36. The van der Waals surface area contributed by atoms with Gasteiger partial charge in [0.25, 0.3) is 0 Å². The molecule has 3 aromatic heterocycles. The van der Waals surface area contributed by atoms with Crippen molar-refractivity contribution in [2.45, 2.75) is 25.0 Å². The molecule has 0 bridgehead atoms. The molecule has 4 rings (SSSR count). The molecule has 3 heterocycles. The van der Waals surface area contributed by atoms with Crippen molar-refractivity contribution in [3.05, 3.63) is 30.2 Å². The predicted molar refractivity (Wildman–Crippen MR) is 77.7 cm³/mol. The molecule has 3 N–H and O–H groups in total. The number of H-pyrrole nitrogens is 1. The predicted octanol–water partition coefficient (Wildman–Crippen LogP) is 1.85. The number of nitrogens with one attached hydrogen (secondary N) is 1. The Hall–Kier alpha value is -2.65. The summed E-state index contributed by atoms with van der Waals surface area (Å²) in [6.45, 7) is 0. The van der Waals surface area contributed by atoms with Gasteiger partial charge in [-0.05, 0) is 25.0 Å². The molecule has 1 fully saturated rings. The van der Waals surface area contributed by atoms with Gasteiger partial charge in [-0.2, -0.15) is 5.26 Å². The summed E-state index contributed by atoms with van der Waals surface area (Å²) in [5.41, 5.74) is 7.76. The van der Waals surface area contributed by atoms with Gasteiger partial charge in [-0.3, -0.25) is 0 Å². The van der Waals surface area contributed by atoms with Crippen molar-refractivity contribution in [1.29, 1.82) is 5.26 Å². The van der Waals surface area contributed by atoms with Gasteiger partial charge in [0.05, 0.1) is 17.1 Å². The van der Waals surface area contributed by atoms with Crippen molar-refractivity contribution in [3.63, 3.8) is 0 Å². The Bertz CT molecular complexity index is 873. The number of fused-ring (bicyclic) bond motifs is 3. The van der Waals surface area contributed by atoms with E-state index in [1.807, 2.05) is 6.07 Å². The molecular weight excluding hydrogens is 266 g/mol. The van der Waals surface area contributed by atoms with Crippen LogP contribution in [0.1, 0.15) is 18.5 Å². The number of hydrogen-bond acceptors (Lipinski definition) is 5. The van der Waals surface area contributed by atoms with Crippen molar-refractivity contribution in [2.75, 3.05) is 0 Å². The third-order valence-electron chi connectivity index (χ3n) is 3.88. The van der Waals surface area contributed by atoms with E-state index >= 15 is 0 Å². The highest BCUT2D eigenvalue weighted by Gasteiger charge is 2.28. The molecule has 1 aliphatic rings. The summed E-state index contributed by atoms with van der Waals surface area (Å²) in [6, 6.07) is 5.91. The lowest BCUT2D eigenvalue weighted by molar-refractivity contribution is 0.103. The molecule has 0 amide bonds. The van der Waals surface area contributed by atoms with E-state index in [1.165, 1.54) is 0 Å². The lowest BCUT2D eigenvalue weighted by Gasteiger charge is -2.32. The summed E-state index contributed by atoms with van der Waals surface area (Å²) >= 11 is 0. The molecule has 1 aliphatic carbocycles. The molecule has 104 valence electrons. The largest absolute Gasteiger partial charge is 0.489 e. The highest BCUT2D eigenvalue weighted by Crippen LogP contribution is 2.34. The minimum absolute atomic E-state index is 0.160. The van der Waals surface area contributed by atoms with Crippen LogP contribution in [0.5, 0.6) is 5.75 Å². The molecule has 0 unspecified atom stereocenters. The van der Waals surface area contributed by atoms with E-state index in [0.717, 1.165) is 40.5 Å². The number of ether oxygens (including phenoxy) is 1. The average molecular weight is 279 g/mol. The molecule has 0 aliphatic heterocycles. The Kier molecular flexibility index (Phi) is 2.56. The van der Waals surface area contributed by atoms with Gasteiger partial charge in [-0.25, -0.2) is 9.97 Å². The topological polar surface area (TPSA) is 101 Å². The van der Waals surface area contributed by atoms with Gasteiger partial charge < -0.3 is 15.5 Å². The van der Waals surface area contributed by atoms with Crippen molar-refractivity contribution in [2.24, 2.45) is 5.73 Å². The number of nitrogens with zero attached hydrogens (tertiary/aromatic N) is 3. The smallest absolute Gasteiger partial charge is 0.142 e. The summed E-state index contributed by atoms with van der Waals surface area (Å²) in [4.78, 5) is 11.6. The van der Waals surface area contributed by atoms with Gasteiger partial charge in [0.15, 0.2) is 0 Å². The SMILES string of the molecule is N#Cc1cc2c(cn1)[nH]c1nccc(O[C@H]3C[C@@H](N)C3)c12. The third kappa shape index (κ3) is 1.90. The molecule has 0 atom stereocenters. The Morgan fingerprint density at radius 3 is 3.00 bits per heavy atom. The van der Waals surface area contributed by atoms with Crippen LogP contribution >= 0.6 is 0 Å². The van der Waals surface area contributed by atoms with Crippen LogP contribution < -0.4 is 10.5 Å². The summed E-state index contributed by atoms with van der Waals surface area (Å²) in [6.07, 6.45) is 5.27. The van der Waals surface area contributed by atoms with Crippen molar-refractivity contribution >= 4 is 21.9 Å². The summed E-state index contributed by atoms with van der Waals surface area (Å²) in [5, 5.41) is 10.8. The average Bonchev–Trinajstić information content (AvgIpc) is 2.84. The van der Waals surface area contributed by atoms with Crippen LogP contribution in [0, 0.1) is 11.3 Å². The molecule has 0 saturated heterocycles. The zero-order valence-electron chi connectivity index (χ0n) is 11.2. The van der Waals surface area contributed by atoms with E-state index in [2.05, 4.69) is 21.0 Å². The van der Waals surface area contributed by atoms with E-state index in [1.54, 1.807) is 18.5 Å².